The summed E-state index contributed by atoms with van der Waals surface area (Å²) in [6, 6.07) is 7.86. The van der Waals surface area contributed by atoms with E-state index in [-0.39, 0.29) is 12.6 Å². The van der Waals surface area contributed by atoms with Crippen molar-refractivity contribution in [1.82, 2.24) is 24.9 Å². The third-order valence-corrected chi connectivity index (χ3v) is 5.47. The number of hydrogen-bond acceptors (Lipinski definition) is 9. The second kappa shape index (κ2) is 7.35. The molecule has 0 spiro atoms. The van der Waals surface area contributed by atoms with Gasteiger partial charge in [-0.2, -0.15) is 15.0 Å². The van der Waals surface area contributed by atoms with Crippen LogP contribution in [0, 0.1) is 20.8 Å². The van der Waals surface area contributed by atoms with Crippen LogP contribution in [0.4, 0.5) is 17.6 Å². The fourth-order valence-electron chi connectivity index (χ4n) is 2.78. The van der Waals surface area contributed by atoms with Gasteiger partial charge in [-0.05, 0) is 38.0 Å². The Labute approximate surface area is 165 Å². The van der Waals surface area contributed by atoms with Crippen LogP contribution in [0.2, 0.25) is 0 Å². The number of benzene rings is 1. The highest BCUT2D eigenvalue weighted by molar-refractivity contribution is 7.18. The Balaban J connectivity index is 1.58. The molecule has 8 nitrogen and oxygen atoms in total. The van der Waals surface area contributed by atoms with Gasteiger partial charge in [-0.3, -0.25) is 0 Å². The van der Waals surface area contributed by atoms with Crippen molar-refractivity contribution in [2.75, 3.05) is 11.1 Å². The molecule has 0 amide bonds. The molecule has 3 N–H and O–H groups in total. The van der Waals surface area contributed by atoms with Crippen LogP contribution in [0.5, 0.6) is 5.88 Å². The zero-order valence-corrected chi connectivity index (χ0v) is 16.5. The van der Waals surface area contributed by atoms with Gasteiger partial charge >= 0.3 is 0 Å². The van der Waals surface area contributed by atoms with Crippen molar-refractivity contribution >= 4 is 39.1 Å². The third kappa shape index (κ3) is 3.56. The van der Waals surface area contributed by atoms with Gasteiger partial charge in [0.15, 0.2) is 5.82 Å². The molecule has 3 aromatic heterocycles. The quantitative estimate of drug-likeness (QED) is 0.528. The van der Waals surface area contributed by atoms with Crippen molar-refractivity contribution < 1.29 is 4.74 Å². The molecule has 3 heterocycles. The SMILES string of the molecule is Cc1ccccc1Nc1nc(N)nc(COc2ncnc3sc(C)c(C)c23)n1. The Hall–Kier alpha value is -3.33. The lowest BCUT2D eigenvalue weighted by Crippen LogP contribution is -2.10. The molecule has 1 aromatic carbocycles. The van der Waals surface area contributed by atoms with Crippen LogP contribution in [0.3, 0.4) is 0 Å². The Morgan fingerprint density at radius 1 is 1.07 bits per heavy atom. The molecule has 0 aliphatic carbocycles. The van der Waals surface area contributed by atoms with E-state index < -0.39 is 0 Å². The van der Waals surface area contributed by atoms with Crippen LogP contribution in [-0.2, 0) is 6.61 Å². The van der Waals surface area contributed by atoms with E-state index in [0.29, 0.717) is 17.7 Å². The molecule has 0 saturated heterocycles. The van der Waals surface area contributed by atoms with E-state index in [4.69, 9.17) is 10.5 Å². The average Bonchev–Trinajstić information content (AvgIpc) is 2.96. The Morgan fingerprint density at radius 3 is 2.71 bits per heavy atom. The smallest absolute Gasteiger partial charge is 0.232 e. The molecule has 0 unspecified atom stereocenters. The molecule has 9 heteroatoms. The van der Waals surface area contributed by atoms with Crippen LogP contribution >= 0.6 is 11.3 Å². The second-order valence-electron chi connectivity index (χ2n) is 6.30. The van der Waals surface area contributed by atoms with Gasteiger partial charge in [0.2, 0.25) is 17.8 Å². The number of nitrogen functional groups attached to an aromatic ring is 1. The Bertz CT molecular complexity index is 1160. The molecule has 0 aliphatic heterocycles. The minimum atomic E-state index is 0.121. The first kappa shape index (κ1) is 18.1. The number of nitrogens with zero attached hydrogens (tertiary/aromatic N) is 5. The summed E-state index contributed by atoms with van der Waals surface area (Å²) in [5.74, 6) is 1.43. The van der Waals surface area contributed by atoms with Crippen LogP contribution < -0.4 is 15.8 Å². The molecule has 0 atom stereocenters. The van der Waals surface area contributed by atoms with Crippen LogP contribution in [0.1, 0.15) is 21.8 Å². The van der Waals surface area contributed by atoms with Crippen molar-refractivity contribution in [2.45, 2.75) is 27.4 Å². The van der Waals surface area contributed by atoms with Gasteiger partial charge in [0.25, 0.3) is 0 Å². The summed E-state index contributed by atoms with van der Waals surface area (Å²) < 4.78 is 5.90. The Kier molecular flexibility index (Phi) is 4.74. The number of thiophene rings is 1. The summed E-state index contributed by atoms with van der Waals surface area (Å²) >= 11 is 1.62. The molecule has 4 rings (SSSR count). The molecular formula is C19H19N7OS. The topological polar surface area (TPSA) is 112 Å². The second-order valence-corrected chi connectivity index (χ2v) is 7.51. The number of aryl methyl sites for hydroxylation is 3. The zero-order valence-electron chi connectivity index (χ0n) is 15.7. The predicted octanol–water partition coefficient (Wildman–Crippen LogP) is 3.71. The van der Waals surface area contributed by atoms with Crippen molar-refractivity contribution in [3.63, 3.8) is 0 Å². The van der Waals surface area contributed by atoms with E-state index in [0.717, 1.165) is 27.0 Å². The summed E-state index contributed by atoms with van der Waals surface area (Å²) in [6.45, 7) is 6.22. The molecule has 142 valence electrons. The predicted molar refractivity (Wildman–Crippen MR) is 110 cm³/mol. The lowest BCUT2D eigenvalue weighted by molar-refractivity contribution is 0.287. The van der Waals surface area contributed by atoms with Crippen LogP contribution in [0.25, 0.3) is 10.2 Å². The highest BCUT2D eigenvalue weighted by Gasteiger charge is 2.14. The normalized spacial score (nSPS) is 11.0. The summed E-state index contributed by atoms with van der Waals surface area (Å²) in [6.07, 6.45) is 1.50. The molecule has 0 radical (unpaired) electrons. The minimum Gasteiger partial charge on any atom is -0.469 e. The molecule has 28 heavy (non-hydrogen) atoms. The maximum absolute atomic E-state index is 5.90. The number of para-hydroxylation sites is 1. The van der Waals surface area contributed by atoms with Gasteiger partial charge in [0, 0.05) is 10.6 Å². The van der Waals surface area contributed by atoms with Gasteiger partial charge in [-0.25, -0.2) is 9.97 Å². The van der Waals surface area contributed by atoms with E-state index in [1.54, 1.807) is 11.3 Å². The zero-order chi connectivity index (χ0) is 19.7. The Morgan fingerprint density at radius 2 is 1.89 bits per heavy atom. The van der Waals surface area contributed by atoms with Crippen LogP contribution in [-0.4, -0.2) is 24.9 Å². The molecule has 0 aliphatic rings. The van der Waals surface area contributed by atoms with Gasteiger partial charge in [-0.1, -0.05) is 18.2 Å². The molecule has 0 saturated carbocycles. The van der Waals surface area contributed by atoms with Crippen molar-refractivity contribution in [1.29, 1.82) is 0 Å². The molecule has 4 aromatic rings. The lowest BCUT2D eigenvalue weighted by atomic mass is 10.2. The van der Waals surface area contributed by atoms with Gasteiger partial charge in [0.05, 0.1) is 5.39 Å². The number of ether oxygens (including phenoxy) is 1. The lowest BCUT2D eigenvalue weighted by Gasteiger charge is -2.10. The molecule has 0 bridgehead atoms. The van der Waals surface area contributed by atoms with Gasteiger partial charge < -0.3 is 15.8 Å². The standard InChI is InChI=1S/C19H19N7OS/c1-10-6-4-5-7-13(10)23-19-25-14(24-18(20)26-19)8-27-16-15-11(2)12(3)28-17(15)22-9-21-16/h4-7,9H,8H2,1-3H3,(H3,20,23,24,25,26). The largest absolute Gasteiger partial charge is 0.469 e. The van der Waals surface area contributed by atoms with E-state index >= 15 is 0 Å². The maximum atomic E-state index is 5.90. The summed E-state index contributed by atoms with van der Waals surface area (Å²) in [5.41, 5.74) is 8.95. The number of nitrogens with one attached hydrogen (secondary N) is 1. The minimum absolute atomic E-state index is 0.121. The first-order chi connectivity index (χ1) is 13.5. The first-order valence-corrected chi connectivity index (χ1v) is 9.49. The van der Waals surface area contributed by atoms with E-state index in [2.05, 4.69) is 37.2 Å². The summed E-state index contributed by atoms with van der Waals surface area (Å²) in [5, 5.41) is 4.09. The highest BCUT2D eigenvalue weighted by Crippen LogP contribution is 2.33. The van der Waals surface area contributed by atoms with Crippen LogP contribution in [0.15, 0.2) is 30.6 Å². The van der Waals surface area contributed by atoms with Crippen molar-refractivity contribution in [3.8, 4) is 5.88 Å². The highest BCUT2D eigenvalue weighted by atomic mass is 32.1. The van der Waals surface area contributed by atoms with E-state index in [9.17, 15) is 0 Å². The summed E-state index contributed by atoms with van der Waals surface area (Å²) in [7, 11) is 0. The fraction of sp³-hybridized carbons (Fsp3) is 0.211. The van der Waals surface area contributed by atoms with Crippen molar-refractivity contribution in [3.05, 3.63) is 52.4 Å². The number of rotatable bonds is 5. The van der Waals surface area contributed by atoms with Gasteiger partial charge in [-0.15, -0.1) is 11.3 Å². The molecular weight excluding hydrogens is 374 g/mol. The van der Waals surface area contributed by atoms with E-state index in [1.807, 2.05) is 38.1 Å². The van der Waals surface area contributed by atoms with Crippen molar-refractivity contribution in [2.24, 2.45) is 0 Å². The number of hydrogen-bond donors (Lipinski definition) is 2. The first-order valence-electron chi connectivity index (χ1n) is 8.68. The summed E-state index contributed by atoms with van der Waals surface area (Å²) in [4.78, 5) is 23.4. The average molecular weight is 393 g/mol. The fourth-order valence-corrected chi connectivity index (χ4v) is 3.77. The maximum Gasteiger partial charge on any atom is 0.232 e. The monoisotopic (exact) mass is 393 g/mol. The number of fused-ring (bicyclic) bond motifs is 1. The number of nitrogens with two attached hydrogens (primary N) is 1. The van der Waals surface area contributed by atoms with E-state index in [1.165, 1.54) is 11.2 Å². The number of aromatic nitrogens is 5. The number of anilines is 3. The third-order valence-electron chi connectivity index (χ3n) is 4.36. The van der Waals surface area contributed by atoms with Gasteiger partial charge in [0.1, 0.15) is 17.8 Å². The molecule has 0 fully saturated rings.